The number of anilines is 1. The molecule has 2 N–H and O–H groups in total. The van der Waals surface area contributed by atoms with E-state index < -0.39 is 10.8 Å². The number of carbonyl (C=O) groups excluding carboxylic acids is 1. The number of rotatable bonds is 8. The van der Waals surface area contributed by atoms with Gasteiger partial charge in [0.15, 0.2) is 0 Å². The number of ether oxygens (including phenoxy) is 1. The zero-order valence-electron chi connectivity index (χ0n) is 15.8. The van der Waals surface area contributed by atoms with Gasteiger partial charge < -0.3 is 15.4 Å². The van der Waals surface area contributed by atoms with Crippen LogP contribution in [0.3, 0.4) is 0 Å². The van der Waals surface area contributed by atoms with Crippen LogP contribution in [0.4, 0.5) is 11.4 Å². The van der Waals surface area contributed by atoms with Crippen LogP contribution in [-0.2, 0) is 13.2 Å². The Bertz CT molecular complexity index is 1010. The van der Waals surface area contributed by atoms with E-state index in [-0.39, 0.29) is 17.8 Å². The number of nitro groups is 1. The summed E-state index contributed by atoms with van der Waals surface area (Å²) in [4.78, 5) is 27.2. The normalized spacial score (nSPS) is 10.2. The Morgan fingerprint density at radius 3 is 2.62 bits per heavy atom. The summed E-state index contributed by atoms with van der Waals surface area (Å²) < 4.78 is 5.69. The van der Waals surface area contributed by atoms with Crippen molar-refractivity contribution < 1.29 is 14.5 Å². The first kappa shape index (κ1) is 19.8. The Hall–Kier alpha value is -3.94. The number of nitrogens with zero attached hydrogens (tertiary/aromatic N) is 2. The molecule has 3 rings (SSSR count). The van der Waals surface area contributed by atoms with E-state index in [4.69, 9.17) is 4.74 Å². The average Bonchev–Trinajstić information content (AvgIpc) is 2.76. The molecular formula is C21H20N4O4. The number of aromatic nitrogens is 1. The highest BCUT2D eigenvalue weighted by atomic mass is 16.6. The van der Waals surface area contributed by atoms with Gasteiger partial charge in [-0.3, -0.25) is 14.9 Å². The van der Waals surface area contributed by atoms with Crippen LogP contribution in [0.1, 0.15) is 21.5 Å². The molecule has 0 saturated carbocycles. The lowest BCUT2D eigenvalue weighted by atomic mass is 10.1. The lowest BCUT2D eigenvalue weighted by Crippen LogP contribution is -2.24. The highest BCUT2D eigenvalue weighted by Gasteiger charge is 2.16. The topological polar surface area (TPSA) is 106 Å². The minimum atomic E-state index is -0.532. The van der Waals surface area contributed by atoms with Crippen molar-refractivity contribution in [1.82, 2.24) is 10.3 Å². The molecule has 2 aromatic carbocycles. The maximum Gasteiger partial charge on any atom is 0.270 e. The number of nitro benzene ring substituents is 1. The molecule has 0 bridgehead atoms. The van der Waals surface area contributed by atoms with Crippen LogP contribution >= 0.6 is 0 Å². The molecule has 1 amide bonds. The summed E-state index contributed by atoms with van der Waals surface area (Å²) in [6.45, 7) is 0.623. The van der Waals surface area contributed by atoms with Crippen LogP contribution in [0.2, 0.25) is 0 Å². The first-order valence-corrected chi connectivity index (χ1v) is 8.93. The maximum absolute atomic E-state index is 12.5. The summed E-state index contributed by atoms with van der Waals surface area (Å²) in [5, 5.41) is 16.6. The van der Waals surface area contributed by atoms with E-state index in [1.807, 2.05) is 30.3 Å². The number of hydrogen-bond donors (Lipinski definition) is 2. The standard InChI is InChI=1S/C21H20N4O4/c1-22-19-8-7-17(25(27)28)12-18(19)21(26)24-13-16-9-10-23-20(11-16)29-14-15-5-3-2-4-6-15/h2-12,22H,13-14H2,1H3,(H,24,26). The van der Waals surface area contributed by atoms with Crippen LogP contribution in [-0.4, -0.2) is 22.9 Å². The Morgan fingerprint density at radius 1 is 1.10 bits per heavy atom. The number of benzene rings is 2. The van der Waals surface area contributed by atoms with E-state index in [1.165, 1.54) is 18.2 Å². The monoisotopic (exact) mass is 392 g/mol. The molecule has 8 heteroatoms. The Labute approximate surface area is 167 Å². The van der Waals surface area contributed by atoms with Gasteiger partial charge in [-0.05, 0) is 23.3 Å². The average molecular weight is 392 g/mol. The number of hydrogen-bond acceptors (Lipinski definition) is 6. The molecule has 0 aliphatic carbocycles. The largest absolute Gasteiger partial charge is 0.473 e. The van der Waals surface area contributed by atoms with Gasteiger partial charge in [0.1, 0.15) is 6.61 Å². The van der Waals surface area contributed by atoms with Gasteiger partial charge in [-0.2, -0.15) is 0 Å². The Balaban J connectivity index is 1.65. The summed E-state index contributed by atoms with van der Waals surface area (Å²) >= 11 is 0. The second kappa shape index (κ2) is 9.32. The molecule has 8 nitrogen and oxygen atoms in total. The second-order valence-corrected chi connectivity index (χ2v) is 6.20. The maximum atomic E-state index is 12.5. The van der Waals surface area contributed by atoms with Crippen molar-refractivity contribution in [2.45, 2.75) is 13.2 Å². The zero-order chi connectivity index (χ0) is 20.6. The number of carbonyl (C=O) groups is 1. The third-order valence-corrected chi connectivity index (χ3v) is 4.21. The quantitative estimate of drug-likeness (QED) is 0.449. The molecule has 0 atom stereocenters. The summed E-state index contributed by atoms with van der Waals surface area (Å²) in [6.07, 6.45) is 1.61. The minimum Gasteiger partial charge on any atom is -0.473 e. The van der Waals surface area contributed by atoms with Crippen molar-refractivity contribution in [3.63, 3.8) is 0 Å². The Morgan fingerprint density at radius 2 is 1.90 bits per heavy atom. The molecule has 0 unspecified atom stereocenters. The third kappa shape index (κ3) is 5.29. The highest BCUT2D eigenvalue weighted by Crippen LogP contribution is 2.22. The smallest absolute Gasteiger partial charge is 0.270 e. The first-order chi connectivity index (χ1) is 14.1. The molecule has 29 heavy (non-hydrogen) atoms. The molecule has 3 aromatic rings. The van der Waals surface area contributed by atoms with Crippen LogP contribution in [0, 0.1) is 10.1 Å². The minimum absolute atomic E-state index is 0.144. The van der Waals surface area contributed by atoms with Gasteiger partial charge in [-0.25, -0.2) is 4.98 Å². The number of pyridine rings is 1. The molecule has 0 aliphatic heterocycles. The molecule has 0 aliphatic rings. The van der Waals surface area contributed by atoms with E-state index in [0.717, 1.165) is 11.1 Å². The van der Waals surface area contributed by atoms with Gasteiger partial charge in [0.05, 0.1) is 10.5 Å². The van der Waals surface area contributed by atoms with Gasteiger partial charge in [0.25, 0.3) is 11.6 Å². The zero-order valence-corrected chi connectivity index (χ0v) is 15.8. The molecule has 0 spiro atoms. The van der Waals surface area contributed by atoms with E-state index >= 15 is 0 Å². The number of amides is 1. The molecule has 1 aromatic heterocycles. The molecular weight excluding hydrogens is 372 g/mol. The lowest BCUT2D eigenvalue weighted by molar-refractivity contribution is -0.384. The predicted molar refractivity (Wildman–Crippen MR) is 109 cm³/mol. The van der Waals surface area contributed by atoms with Crippen LogP contribution in [0.15, 0.2) is 66.9 Å². The highest BCUT2D eigenvalue weighted by molar-refractivity contribution is 6.00. The van der Waals surface area contributed by atoms with Crippen molar-refractivity contribution >= 4 is 17.3 Å². The van der Waals surface area contributed by atoms with Gasteiger partial charge in [-0.1, -0.05) is 30.3 Å². The van der Waals surface area contributed by atoms with Crippen molar-refractivity contribution in [2.24, 2.45) is 0 Å². The van der Waals surface area contributed by atoms with E-state index in [2.05, 4.69) is 15.6 Å². The van der Waals surface area contributed by atoms with E-state index in [1.54, 1.807) is 25.4 Å². The van der Waals surface area contributed by atoms with Crippen molar-refractivity contribution in [3.8, 4) is 5.88 Å². The predicted octanol–water partition coefficient (Wildman–Crippen LogP) is 3.54. The second-order valence-electron chi connectivity index (χ2n) is 6.20. The number of non-ortho nitro benzene ring substituents is 1. The fourth-order valence-electron chi connectivity index (χ4n) is 2.70. The summed E-state index contributed by atoms with van der Waals surface area (Å²) in [5.41, 5.74) is 2.40. The molecule has 0 saturated heterocycles. The summed E-state index contributed by atoms with van der Waals surface area (Å²) in [7, 11) is 1.65. The number of nitrogens with one attached hydrogen (secondary N) is 2. The molecule has 0 fully saturated rings. The molecule has 0 radical (unpaired) electrons. The summed E-state index contributed by atoms with van der Waals surface area (Å²) in [5.74, 6) is 0.0356. The van der Waals surface area contributed by atoms with Gasteiger partial charge >= 0.3 is 0 Å². The summed E-state index contributed by atoms with van der Waals surface area (Å²) in [6, 6.07) is 17.4. The SMILES string of the molecule is CNc1ccc([N+](=O)[O-])cc1C(=O)NCc1ccnc(OCc2ccccc2)c1. The van der Waals surface area contributed by atoms with Crippen molar-refractivity contribution in [3.05, 3.63) is 93.7 Å². The molecule has 1 heterocycles. The van der Waals surface area contributed by atoms with Crippen molar-refractivity contribution in [1.29, 1.82) is 0 Å². The lowest BCUT2D eigenvalue weighted by Gasteiger charge is -2.11. The fraction of sp³-hybridized carbons (Fsp3) is 0.143. The van der Waals surface area contributed by atoms with Crippen LogP contribution in [0.5, 0.6) is 5.88 Å². The fourth-order valence-corrected chi connectivity index (χ4v) is 2.70. The van der Waals surface area contributed by atoms with E-state index in [0.29, 0.717) is 18.2 Å². The van der Waals surface area contributed by atoms with Crippen LogP contribution < -0.4 is 15.4 Å². The van der Waals surface area contributed by atoms with Gasteiger partial charge in [0.2, 0.25) is 5.88 Å². The third-order valence-electron chi connectivity index (χ3n) is 4.21. The first-order valence-electron chi connectivity index (χ1n) is 8.93. The Kier molecular flexibility index (Phi) is 6.36. The van der Waals surface area contributed by atoms with Crippen LogP contribution in [0.25, 0.3) is 0 Å². The van der Waals surface area contributed by atoms with Gasteiger partial charge in [-0.15, -0.1) is 0 Å². The van der Waals surface area contributed by atoms with Crippen molar-refractivity contribution in [2.75, 3.05) is 12.4 Å². The molecule has 148 valence electrons. The van der Waals surface area contributed by atoms with Gasteiger partial charge in [0, 0.05) is 43.7 Å². The van der Waals surface area contributed by atoms with E-state index in [9.17, 15) is 14.9 Å².